The summed E-state index contributed by atoms with van der Waals surface area (Å²) in [5.74, 6) is 0. The molecule has 0 amide bonds. The monoisotopic (exact) mass is 159 g/mol. The molecule has 0 unspecified atom stereocenters. The summed E-state index contributed by atoms with van der Waals surface area (Å²) in [4.78, 5) is 0. The van der Waals surface area contributed by atoms with Crippen molar-refractivity contribution in [1.82, 2.24) is 0 Å². The third-order valence-electron chi connectivity index (χ3n) is 1.98. The van der Waals surface area contributed by atoms with E-state index in [4.69, 9.17) is 4.42 Å². The summed E-state index contributed by atoms with van der Waals surface area (Å²) in [5, 5.41) is 1.18. The first-order chi connectivity index (χ1) is 5.90. The zero-order valence-corrected chi connectivity index (χ0v) is 6.92. The maximum atomic E-state index is 5.24. The Morgan fingerprint density at radius 1 is 1.25 bits per heavy atom. The van der Waals surface area contributed by atoms with E-state index in [-0.39, 0.29) is 0 Å². The summed E-state index contributed by atoms with van der Waals surface area (Å²) in [7, 11) is 0. The Hall–Kier alpha value is -1.24. The van der Waals surface area contributed by atoms with Gasteiger partial charge in [0.2, 0.25) is 0 Å². The van der Waals surface area contributed by atoms with Crippen LogP contribution >= 0.6 is 0 Å². The molecule has 0 fully saturated rings. The van der Waals surface area contributed by atoms with Crippen molar-refractivity contribution in [3.05, 3.63) is 43.0 Å². The van der Waals surface area contributed by atoms with Crippen molar-refractivity contribution < 1.29 is 4.42 Å². The molecule has 0 aliphatic heterocycles. The number of furan rings is 1. The second kappa shape index (κ2) is 3.02. The van der Waals surface area contributed by atoms with E-state index in [0.717, 1.165) is 18.4 Å². The molecular weight excluding hydrogens is 148 g/mol. The van der Waals surface area contributed by atoms with Crippen LogP contribution in [0.3, 0.4) is 0 Å². The van der Waals surface area contributed by atoms with Crippen LogP contribution in [-0.4, -0.2) is 0 Å². The molecule has 1 radical (unpaired) electrons. The Balaban J connectivity index is 2.46. The average molecular weight is 159 g/mol. The van der Waals surface area contributed by atoms with Crippen molar-refractivity contribution in [1.29, 1.82) is 0 Å². The van der Waals surface area contributed by atoms with Gasteiger partial charge in [0, 0.05) is 5.39 Å². The standard InChI is InChI=1S/C11H11O/c1-2-3-9-4-5-11-10(8-9)6-7-12-11/h4-8H,1-3H2. The number of hydrogen-bond donors (Lipinski definition) is 0. The van der Waals surface area contributed by atoms with Crippen molar-refractivity contribution in [2.45, 2.75) is 12.8 Å². The molecular formula is C11H11O. The molecule has 0 spiro atoms. The fourth-order valence-electron chi connectivity index (χ4n) is 1.38. The topological polar surface area (TPSA) is 13.1 Å². The maximum Gasteiger partial charge on any atom is 0.133 e. The van der Waals surface area contributed by atoms with Crippen molar-refractivity contribution in [3.63, 3.8) is 0 Å². The lowest BCUT2D eigenvalue weighted by Crippen LogP contribution is -1.80. The number of rotatable bonds is 2. The van der Waals surface area contributed by atoms with Gasteiger partial charge < -0.3 is 4.42 Å². The molecule has 1 nitrogen and oxygen atoms in total. The van der Waals surface area contributed by atoms with Crippen LogP contribution in [0, 0.1) is 6.92 Å². The first kappa shape index (κ1) is 7.41. The lowest BCUT2D eigenvalue weighted by Gasteiger charge is -1.96. The van der Waals surface area contributed by atoms with E-state index in [2.05, 4.69) is 19.1 Å². The number of hydrogen-bond acceptors (Lipinski definition) is 1. The average Bonchev–Trinajstić information content (AvgIpc) is 2.51. The second-order valence-electron chi connectivity index (χ2n) is 2.90. The van der Waals surface area contributed by atoms with E-state index in [1.807, 2.05) is 12.1 Å². The van der Waals surface area contributed by atoms with Gasteiger partial charge in [0.25, 0.3) is 0 Å². The highest BCUT2D eigenvalue weighted by Crippen LogP contribution is 2.17. The molecule has 1 aromatic heterocycles. The van der Waals surface area contributed by atoms with E-state index in [1.165, 1.54) is 10.9 Å². The molecule has 0 saturated carbocycles. The van der Waals surface area contributed by atoms with E-state index < -0.39 is 0 Å². The minimum Gasteiger partial charge on any atom is -0.464 e. The van der Waals surface area contributed by atoms with Gasteiger partial charge in [-0.2, -0.15) is 0 Å². The largest absolute Gasteiger partial charge is 0.464 e. The number of aryl methyl sites for hydroxylation is 1. The molecule has 0 aliphatic rings. The first-order valence-corrected chi connectivity index (χ1v) is 4.15. The molecule has 0 N–H and O–H groups in total. The van der Waals surface area contributed by atoms with Crippen LogP contribution in [0.15, 0.2) is 34.9 Å². The summed E-state index contributed by atoms with van der Waals surface area (Å²) in [5.41, 5.74) is 2.29. The molecule has 0 bridgehead atoms. The van der Waals surface area contributed by atoms with Crippen LogP contribution in [0.1, 0.15) is 12.0 Å². The normalized spacial score (nSPS) is 10.8. The third-order valence-corrected chi connectivity index (χ3v) is 1.98. The first-order valence-electron chi connectivity index (χ1n) is 4.15. The van der Waals surface area contributed by atoms with Crippen molar-refractivity contribution in [2.75, 3.05) is 0 Å². The lowest BCUT2D eigenvalue weighted by molar-refractivity contribution is 0.616. The predicted octanol–water partition coefficient (Wildman–Crippen LogP) is 3.20. The Labute approximate surface area is 72.0 Å². The Bertz CT molecular complexity index is 373. The van der Waals surface area contributed by atoms with Crippen molar-refractivity contribution >= 4 is 11.0 Å². The highest BCUT2D eigenvalue weighted by Gasteiger charge is 1.97. The quantitative estimate of drug-likeness (QED) is 0.655. The van der Waals surface area contributed by atoms with Crippen LogP contribution in [-0.2, 0) is 6.42 Å². The maximum absolute atomic E-state index is 5.24. The molecule has 0 saturated heterocycles. The van der Waals surface area contributed by atoms with Crippen LogP contribution in [0.25, 0.3) is 11.0 Å². The molecule has 12 heavy (non-hydrogen) atoms. The molecule has 1 heterocycles. The summed E-state index contributed by atoms with van der Waals surface area (Å²) in [6, 6.07) is 8.25. The second-order valence-corrected chi connectivity index (χ2v) is 2.90. The Morgan fingerprint density at radius 2 is 2.17 bits per heavy atom. The fraction of sp³-hybridized carbons (Fsp3) is 0.182. The zero-order valence-electron chi connectivity index (χ0n) is 6.92. The summed E-state index contributed by atoms with van der Waals surface area (Å²) >= 11 is 0. The molecule has 1 heteroatoms. The molecule has 2 rings (SSSR count). The highest BCUT2D eigenvalue weighted by atomic mass is 16.3. The van der Waals surface area contributed by atoms with Gasteiger partial charge in [0.1, 0.15) is 5.58 Å². The van der Waals surface area contributed by atoms with Crippen LogP contribution in [0.2, 0.25) is 0 Å². The van der Waals surface area contributed by atoms with E-state index >= 15 is 0 Å². The minimum absolute atomic E-state index is 0.948. The van der Waals surface area contributed by atoms with E-state index in [0.29, 0.717) is 0 Å². The summed E-state index contributed by atoms with van der Waals surface area (Å²) in [6.45, 7) is 3.83. The van der Waals surface area contributed by atoms with Gasteiger partial charge >= 0.3 is 0 Å². The van der Waals surface area contributed by atoms with E-state index in [9.17, 15) is 0 Å². The molecule has 0 atom stereocenters. The van der Waals surface area contributed by atoms with Crippen molar-refractivity contribution in [2.24, 2.45) is 0 Å². The van der Waals surface area contributed by atoms with E-state index in [1.54, 1.807) is 6.26 Å². The molecule has 2 aromatic rings. The van der Waals surface area contributed by atoms with Gasteiger partial charge in [-0.05, 0) is 36.6 Å². The zero-order chi connectivity index (χ0) is 8.39. The highest BCUT2D eigenvalue weighted by molar-refractivity contribution is 5.77. The van der Waals surface area contributed by atoms with Gasteiger partial charge in [0.15, 0.2) is 0 Å². The number of benzene rings is 1. The van der Waals surface area contributed by atoms with Crippen LogP contribution < -0.4 is 0 Å². The smallest absolute Gasteiger partial charge is 0.133 e. The van der Waals surface area contributed by atoms with Crippen molar-refractivity contribution in [3.8, 4) is 0 Å². The fourth-order valence-corrected chi connectivity index (χ4v) is 1.38. The predicted molar refractivity (Wildman–Crippen MR) is 49.9 cm³/mol. The van der Waals surface area contributed by atoms with Gasteiger partial charge in [-0.1, -0.05) is 13.0 Å². The molecule has 1 aromatic carbocycles. The molecule has 0 aliphatic carbocycles. The van der Waals surface area contributed by atoms with Gasteiger partial charge in [-0.15, -0.1) is 0 Å². The Kier molecular flexibility index (Phi) is 1.86. The number of fused-ring (bicyclic) bond motifs is 1. The molecule has 61 valence electrons. The van der Waals surface area contributed by atoms with Gasteiger partial charge in [-0.3, -0.25) is 0 Å². The summed E-state index contributed by atoms with van der Waals surface area (Å²) < 4.78 is 5.24. The van der Waals surface area contributed by atoms with Crippen LogP contribution in [0.4, 0.5) is 0 Å². The SMILES string of the molecule is [CH2]CCc1ccc2occc2c1. The van der Waals surface area contributed by atoms with Gasteiger partial charge in [0.05, 0.1) is 6.26 Å². The van der Waals surface area contributed by atoms with Crippen LogP contribution in [0.5, 0.6) is 0 Å². The lowest BCUT2D eigenvalue weighted by atomic mass is 10.1. The third kappa shape index (κ3) is 1.22. The minimum atomic E-state index is 0.948. The van der Waals surface area contributed by atoms with Gasteiger partial charge in [-0.25, -0.2) is 0 Å². The summed E-state index contributed by atoms with van der Waals surface area (Å²) in [6.07, 6.45) is 3.71. The Morgan fingerprint density at radius 3 is 3.00 bits per heavy atom.